The molecule has 0 saturated carbocycles. The number of H-pyrrole nitrogens is 2. The van der Waals surface area contributed by atoms with E-state index < -0.39 is 8.26 Å². The first-order valence-corrected chi connectivity index (χ1v) is 17.5. The van der Waals surface area contributed by atoms with Crippen molar-refractivity contribution in [3.63, 3.8) is 0 Å². The number of halogens is 2. The molecule has 7 N–H and O–H groups in total. The maximum absolute atomic E-state index is 9.16. The van der Waals surface area contributed by atoms with Crippen LogP contribution >= 0.6 is 21.4 Å². The van der Waals surface area contributed by atoms with E-state index in [9.17, 15) is 0 Å². The zero-order chi connectivity index (χ0) is 30.9. The van der Waals surface area contributed by atoms with Gasteiger partial charge in [-0.05, 0) is 79.3 Å². The maximum atomic E-state index is 9.16. The molecule has 2 aliphatic heterocycles. The quantitative estimate of drug-likeness (QED) is 0.0389. The van der Waals surface area contributed by atoms with Crippen LogP contribution < -0.4 is 22.3 Å². The highest BCUT2D eigenvalue weighted by atomic mass is 36.0. The van der Waals surface area contributed by atoms with Gasteiger partial charge < -0.3 is 9.97 Å². The van der Waals surface area contributed by atoms with Crippen LogP contribution in [0.15, 0.2) is 48.5 Å². The van der Waals surface area contributed by atoms with E-state index in [2.05, 4.69) is 89.0 Å². The van der Waals surface area contributed by atoms with Gasteiger partial charge in [0.1, 0.15) is 0 Å². The molecular weight excluding hydrogens is 607 g/mol. The Morgan fingerprint density at radius 1 is 0.674 bits per heavy atom. The van der Waals surface area contributed by atoms with Crippen molar-refractivity contribution in [3.05, 3.63) is 71.3 Å². The fraction of sp³-hybridized carbons (Fsp3) is 0.333. The van der Waals surface area contributed by atoms with Crippen LogP contribution in [0.3, 0.4) is 0 Å². The topological polar surface area (TPSA) is 154 Å². The zero-order valence-corrected chi connectivity index (χ0v) is 26.6. The number of unbranched alkanes of at least 4 members (excludes halogenated alkanes) is 7. The van der Waals surface area contributed by atoms with Crippen LogP contribution in [0.2, 0.25) is 0 Å². The van der Waals surface area contributed by atoms with Crippen LogP contribution in [-0.2, 0) is 8.26 Å². The van der Waals surface area contributed by atoms with Crippen molar-refractivity contribution >= 4 is 76.0 Å². The molecule has 43 heavy (non-hydrogen) atoms. The smallest absolute Gasteiger partial charge is 0.317 e. The second kappa shape index (κ2) is 18.6. The standard InChI is InChI=1S/C20H14N4.C10H26N4.Cl2O2S/c1-2-14-10-16-5-6-18(23-16)12-20-8-7-19(24-20)11-17-4-3-15(22-17)9-13(1)21-14;1-2-3-4-5-6-7-8-9-10-12-14-13-11;1-5(2,3)4/h1-12,21,24H;12-14H,2-11H2,1H3;. The van der Waals surface area contributed by atoms with Crippen molar-refractivity contribution in [1.82, 2.24) is 36.4 Å². The molecule has 0 saturated heterocycles. The summed E-state index contributed by atoms with van der Waals surface area (Å²) in [5.41, 5.74) is 15.8. The van der Waals surface area contributed by atoms with Gasteiger partial charge in [-0.2, -0.15) is 19.5 Å². The second-order valence-corrected chi connectivity index (χ2v) is 13.6. The van der Waals surface area contributed by atoms with E-state index in [4.69, 9.17) is 14.3 Å². The Balaban J connectivity index is 0.000000228. The highest BCUT2D eigenvalue weighted by molar-refractivity contribution is 8.31. The van der Waals surface area contributed by atoms with E-state index in [-0.39, 0.29) is 0 Å². The van der Waals surface area contributed by atoms with E-state index in [0.717, 1.165) is 51.4 Å². The van der Waals surface area contributed by atoms with Crippen molar-refractivity contribution in [2.75, 3.05) is 6.54 Å². The van der Waals surface area contributed by atoms with Crippen LogP contribution in [-0.4, -0.2) is 34.9 Å². The lowest BCUT2D eigenvalue weighted by Gasteiger charge is -2.04. The average Bonchev–Trinajstić information content (AvgIpc) is 3.76. The fourth-order valence-corrected chi connectivity index (χ4v) is 4.40. The fourth-order valence-electron chi connectivity index (χ4n) is 4.40. The van der Waals surface area contributed by atoms with Gasteiger partial charge in [0.15, 0.2) is 0 Å². The number of aromatic amines is 2. The molecule has 0 aromatic carbocycles. The SMILES string of the molecule is C1=Cc2cc3ccc(cc4nc(cc5ccc(cc1n2)[nH]5)C=C4)[nH]3.CCCCCCCCCCNNNN.O=S(=O)(Cl)Cl. The molecule has 0 atom stereocenters. The summed E-state index contributed by atoms with van der Waals surface area (Å²) in [5.74, 6) is 5.01. The minimum atomic E-state index is -3.72. The van der Waals surface area contributed by atoms with Gasteiger partial charge in [-0.1, -0.05) is 51.9 Å². The van der Waals surface area contributed by atoms with Crippen LogP contribution in [0.5, 0.6) is 0 Å². The lowest BCUT2D eigenvalue weighted by molar-refractivity contribution is 0.431. The van der Waals surface area contributed by atoms with Gasteiger partial charge in [0, 0.05) is 50.0 Å². The summed E-state index contributed by atoms with van der Waals surface area (Å²) in [6.07, 6.45) is 18.9. The monoisotopic (exact) mass is 646 g/mol. The van der Waals surface area contributed by atoms with Gasteiger partial charge in [-0.15, -0.1) is 0 Å². The summed E-state index contributed by atoms with van der Waals surface area (Å²) >= 11 is 0. The molecule has 2 aliphatic rings. The summed E-state index contributed by atoms with van der Waals surface area (Å²) in [7, 11) is 4.81. The van der Waals surface area contributed by atoms with E-state index >= 15 is 0 Å². The molecule has 5 rings (SSSR count). The predicted molar refractivity (Wildman–Crippen MR) is 181 cm³/mol. The number of hydrazine groups is 3. The lowest BCUT2D eigenvalue weighted by Crippen LogP contribution is -2.47. The van der Waals surface area contributed by atoms with E-state index in [0.29, 0.717) is 0 Å². The van der Waals surface area contributed by atoms with Crippen molar-refractivity contribution in [1.29, 1.82) is 0 Å². The first kappa shape index (κ1) is 34.5. The van der Waals surface area contributed by atoms with Crippen LogP contribution in [0.1, 0.15) is 81.1 Å². The van der Waals surface area contributed by atoms with Crippen molar-refractivity contribution in [2.45, 2.75) is 58.3 Å². The molecule has 3 aromatic heterocycles. The van der Waals surface area contributed by atoms with E-state index in [1.165, 1.54) is 51.4 Å². The largest absolute Gasteiger partial charge is 0.355 e. The number of nitrogens with one attached hydrogen (secondary N) is 5. The Hall–Kier alpha value is -3.03. The Bertz CT molecular complexity index is 1420. The van der Waals surface area contributed by atoms with E-state index in [1.807, 2.05) is 48.6 Å². The van der Waals surface area contributed by atoms with Crippen molar-refractivity contribution in [3.8, 4) is 0 Å². The highest BCUT2D eigenvalue weighted by Gasteiger charge is 2.01. The molecule has 0 radical (unpaired) electrons. The Morgan fingerprint density at radius 3 is 1.37 bits per heavy atom. The number of fused-ring (bicyclic) bond motifs is 8. The molecule has 0 aliphatic carbocycles. The molecule has 0 amide bonds. The molecule has 0 spiro atoms. The van der Waals surface area contributed by atoms with E-state index in [1.54, 1.807) is 0 Å². The van der Waals surface area contributed by atoms with Gasteiger partial charge in [0.05, 0.1) is 22.8 Å². The Labute approximate surface area is 262 Å². The third kappa shape index (κ3) is 14.8. The molecule has 3 aromatic rings. The molecule has 8 bridgehead atoms. The highest BCUT2D eigenvalue weighted by Crippen LogP contribution is 2.17. The number of hydrogen-bond donors (Lipinski definition) is 6. The maximum Gasteiger partial charge on any atom is 0.317 e. The van der Waals surface area contributed by atoms with Gasteiger partial charge in [-0.25, -0.2) is 15.4 Å². The van der Waals surface area contributed by atoms with Gasteiger partial charge in [-0.3, -0.25) is 5.84 Å². The second-order valence-electron chi connectivity index (χ2n) is 9.95. The number of nitrogens with zero attached hydrogens (tertiary/aromatic N) is 2. The van der Waals surface area contributed by atoms with Crippen LogP contribution in [0.25, 0.3) is 46.4 Å². The lowest BCUT2D eigenvalue weighted by atomic mass is 10.1. The number of nitrogens with two attached hydrogens (primary N) is 1. The summed E-state index contributed by atoms with van der Waals surface area (Å²) in [6, 6.07) is 16.4. The number of hydrogen-bond acceptors (Lipinski definition) is 8. The van der Waals surface area contributed by atoms with Crippen molar-refractivity contribution in [2.24, 2.45) is 5.84 Å². The molecular formula is C30H40Cl2N8O2S. The molecule has 10 nitrogen and oxygen atoms in total. The molecule has 0 unspecified atom stereocenters. The van der Waals surface area contributed by atoms with Gasteiger partial charge in [0.25, 0.3) is 0 Å². The zero-order valence-electron chi connectivity index (χ0n) is 24.2. The third-order valence-corrected chi connectivity index (χ3v) is 6.36. The minimum Gasteiger partial charge on any atom is -0.355 e. The first-order valence-electron chi connectivity index (χ1n) is 14.3. The summed E-state index contributed by atoms with van der Waals surface area (Å²) in [5, 5.41) is 0. The minimum absolute atomic E-state index is 0.939. The summed E-state index contributed by atoms with van der Waals surface area (Å²) < 4.78 is 18.3. The van der Waals surface area contributed by atoms with Crippen molar-refractivity contribution < 1.29 is 8.42 Å². The first-order chi connectivity index (χ1) is 20.7. The normalized spacial score (nSPS) is 11.9. The average molecular weight is 648 g/mol. The van der Waals surface area contributed by atoms with Crippen LogP contribution in [0.4, 0.5) is 0 Å². The Kier molecular flexibility index (Phi) is 14.9. The Morgan fingerprint density at radius 2 is 1.02 bits per heavy atom. The molecule has 232 valence electrons. The third-order valence-electron chi connectivity index (χ3n) is 6.36. The number of rotatable bonds is 11. The molecule has 0 fully saturated rings. The molecule has 13 heteroatoms. The molecule has 5 heterocycles. The van der Waals surface area contributed by atoms with Gasteiger partial charge in [0.2, 0.25) is 0 Å². The van der Waals surface area contributed by atoms with Gasteiger partial charge >= 0.3 is 8.26 Å². The summed E-state index contributed by atoms with van der Waals surface area (Å²) in [4.78, 5) is 16.0. The predicted octanol–water partition coefficient (Wildman–Crippen LogP) is 6.96. The van der Waals surface area contributed by atoms with Crippen LogP contribution in [0, 0.1) is 0 Å². The summed E-state index contributed by atoms with van der Waals surface area (Å²) in [6.45, 7) is 3.23. The number of aromatic nitrogens is 4.